The van der Waals surface area contributed by atoms with Crippen molar-refractivity contribution in [2.24, 2.45) is 5.92 Å². The third kappa shape index (κ3) is 3.86. The number of aromatic nitrogens is 6. The molecule has 146 valence electrons. The second kappa shape index (κ2) is 7.63. The van der Waals surface area contributed by atoms with Gasteiger partial charge in [0.15, 0.2) is 20.7 Å². The first-order valence-electron chi connectivity index (χ1n) is 9.09. The molecule has 10 heteroatoms. The molecule has 0 amide bonds. The fourth-order valence-corrected chi connectivity index (χ4v) is 4.52. The molecular formula is C18H21N7O2S. The van der Waals surface area contributed by atoms with E-state index in [1.165, 1.54) is 11.8 Å². The third-order valence-electron chi connectivity index (χ3n) is 5.06. The van der Waals surface area contributed by atoms with Crippen LogP contribution in [-0.2, 0) is 16.3 Å². The first-order valence-corrected chi connectivity index (χ1v) is 11.0. The van der Waals surface area contributed by atoms with E-state index in [0.717, 1.165) is 44.3 Å². The quantitative estimate of drug-likeness (QED) is 0.686. The fraction of sp³-hybridized carbons (Fsp3) is 0.389. The number of aromatic amines is 1. The molecule has 3 aromatic rings. The highest BCUT2D eigenvalue weighted by molar-refractivity contribution is 7.90. The molecule has 1 aliphatic heterocycles. The Kier molecular flexibility index (Phi) is 5.03. The minimum Gasteiger partial charge on any atom is -0.371 e. The molecule has 1 fully saturated rings. The number of nitrogens with one attached hydrogen (secondary N) is 1. The van der Waals surface area contributed by atoms with Crippen LogP contribution in [0.2, 0.25) is 0 Å². The van der Waals surface area contributed by atoms with Crippen molar-refractivity contribution in [2.45, 2.75) is 24.3 Å². The molecule has 4 rings (SSSR count). The Labute approximate surface area is 163 Å². The van der Waals surface area contributed by atoms with Gasteiger partial charge in [-0.2, -0.15) is 0 Å². The average molecular weight is 399 g/mol. The standard InChI is InChI=1S/C18H21N7O2S/c1-28(26,27)18-16(17-21-23-24-22-17)15(4-9-20-18)25-10-5-14(6-11-25)12-13-2-7-19-8-3-13/h2-4,7-9,14H,5-6,10-12H2,1H3,(H,21,22,23,24). The van der Waals surface area contributed by atoms with E-state index in [2.05, 4.69) is 47.6 Å². The lowest BCUT2D eigenvalue weighted by molar-refractivity contribution is 0.403. The number of hydrogen-bond acceptors (Lipinski definition) is 8. The number of H-pyrrole nitrogens is 1. The molecule has 0 saturated carbocycles. The number of rotatable bonds is 5. The monoisotopic (exact) mass is 399 g/mol. The van der Waals surface area contributed by atoms with Crippen molar-refractivity contribution in [2.75, 3.05) is 24.2 Å². The van der Waals surface area contributed by atoms with Gasteiger partial charge in [0.25, 0.3) is 0 Å². The van der Waals surface area contributed by atoms with Crippen LogP contribution >= 0.6 is 0 Å². The lowest BCUT2D eigenvalue weighted by Crippen LogP contribution is -2.35. The summed E-state index contributed by atoms with van der Waals surface area (Å²) in [7, 11) is -3.53. The summed E-state index contributed by atoms with van der Waals surface area (Å²) in [5.74, 6) is 0.896. The van der Waals surface area contributed by atoms with E-state index in [4.69, 9.17) is 0 Å². The fourth-order valence-electron chi connectivity index (χ4n) is 3.70. The van der Waals surface area contributed by atoms with E-state index >= 15 is 0 Å². The Balaban J connectivity index is 1.59. The Morgan fingerprint density at radius 2 is 1.89 bits per heavy atom. The molecule has 0 aliphatic carbocycles. The normalized spacial score (nSPS) is 15.7. The summed E-state index contributed by atoms with van der Waals surface area (Å²) in [4.78, 5) is 10.4. The van der Waals surface area contributed by atoms with Gasteiger partial charge in [-0.15, -0.1) is 5.10 Å². The van der Waals surface area contributed by atoms with Crippen molar-refractivity contribution in [3.8, 4) is 11.4 Å². The van der Waals surface area contributed by atoms with Gasteiger partial charge in [0.2, 0.25) is 0 Å². The second-order valence-electron chi connectivity index (χ2n) is 7.02. The van der Waals surface area contributed by atoms with Gasteiger partial charge in [-0.05, 0) is 59.4 Å². The Morgan fingerprint density at radius 3 is 2.54 bits per heavy atom. The predicted molar refractivity (Wildman–Crippen MR) is 103 cm³/mol. The zero-order chi connectivity index (χ0) is 19.6. The average Bonchev–Trinajstić information content (AvgIpc) is 3.23. The number of sulfone groups is 1. The molecule has 28 heavy (non-hydrogen) atoms. The zero-order valence-corrected chi connectivity index (χ0v) is 16.3. The highest BCUT2D eigenvalue weighted by Crippen LogP contribution is 2.35. The Bertz CT molecular complexity index is 1030. The SMILES string of the molecule is CS(=O)(=O)c1nccc(N2CCC(Cc3ccncc3)CC2)c1-c1nnn[nH]1. The molecule has 0 atom stereocenters. The lowest BCUT2D eigenvalue weighted by Gasteiger charge is -2.34. The van der Waals surface area contributed by atoms with E-state index in [-0.39, 0.29) is 5.03 Å². The molecule has 0 bridgehead atoms. The van der Waals surface area contributed by atoms with Gasteiger partial charge in [0, 0.05) is 37.9 Å². The van der Waals surface area contributed by atoms with Gasteiger partial charge in [0.1, 0.15) is 0 Å². The minimum atomic E-state index is -3.53. The maximum Gasteiger partial charge on any atom is 0.193 e. The van der Waals surface area contributed by atoms with Crippen LogP contribution in [0.5, 0.6) is 0 Å². The smallest absolute Gasteiger partial charge is 0.193 e. The molecule has 9 nitrogen and oxygen atoms in total. The van der Waals surface area contributed by atoms with E-state index in [0.29, 0.717) is 17.3 Å². The van der Waals surface area contributed by atoms with Crippen LogP contribution in [0.4, 0.5) is 5.69 Å². The topological polar surface area (TPSA) is 118 Å². The minimum absolute atomic E-state index is 0.0116. The van der Waals surface area contributed by atoms with E-state index in [1.54, 1.807) is 0 Å². The Morgan fingerprint density at radius 1 is 1.14 bits per heavy atom. The van der Waals surface area contributed by atoms with Crippen molar-refractivity contribution >= 4 is 15.5 Å². The molecular weight excluding hydrogens is 378 g/mol. The molecule has 1 saturated heterocycles. The van der Waals surface area contributed by atoms with Gasteiger partial charge in [-0.3, -0.25) is 4.98 Å². The molecule has 3 aromatic heterocycles. The molecule has 0 unspecified atom stereocenters. The first kappa shape index (κ1) is 18.5. The van der Waals surface area contributed by atoms with Crippen LogP contribution in [0, 0.1) is 5.92 Å². The predicted octanol–water partition coefficient (Wildman–Crippen LogP) is 1.52. The maximum absolute atomic E-state index is 12.3. The van der Waals surface area contributed by atoms with Gasteiger partial charge in [0.05, 0.1) is 11.3 Å². The van der Waals surface area contributed by atoms with E-state index < -0.39 is 9.84 Å². The Hall–Kier alpha value is -2.88. The van der Waals surface area contributed by atoms with Crippen molar-refractivity contribution in [3.63, 3.8) is 0 Å². The number of hydrogen-bond donors (Lipinski definition) is 1. The van der Waals surface area contributed by atoms with E-state index in [1.807, 2.05) is 18.5 Å². The van der Waals surface area contributed by atoms with Crippen LogP contribution in [0.15, 0.2) is 41.8 Å². The van der Waals surface area contributed by atoms with Gasteiger partial charge >= 0.3 is 0 Å². The number of nitrogens with zero attached hydrogens (tertiary/aromatic N) is 6. The second-order valence-corrected chi connectivity index (χ2v) is 8.95. The third-order valence-corrected chi connectivity index (χ3v) is 6.07. The number of piperidine rings is 1. The van der Waals surface area contributed by atoms with Gasteiger partial charge < -0.3 is 4.90 Å². The van der Waals surface area contributed by atoms with E-state index in [9.17, 15) is 8.42 Å². The van der Waals surface area contributed by atoms with Crippen LogP contribution in [0.25, 0.3) is 11.4 Å². The lowest BCUT2D eigenvalue weighted by atomic mass is 9.90. The number of anilines is 1. The summed E-state index contributed by atoms with van der Waals surface area (Å²) in [6, 6.07) is 5.95. The molecule has 1 N–H and O–H groups in total. The highest BCUT2D eigenvalue weighted by atomic mass is 32.2. The van der Waals surface area contributed by atoms with Crippen molar-refractivity contribution in [3.05, 3.63) is 42.4 Å². The summed E-state index contributed by atoms with van der Waals surface area (Å²) >= 11 is 0. The molecule has 1 aliphatic rings. The highest BCUT2D eigenvalue weighted by Gasteiger charge is 2.27. The first-order chi connectivity index (χ1) is 13.5. The molecule has 0 radical (unpaired) electrons. The van der Waals surface area contributed by atoms with Crippen molar-refractivity contribution in [1.29, 1.82) is 0 Å². The largest absolute Gasteiger partial charge is 0.371 e. The van der Waals surface area contributed by atoms with Crippen molar-refractivity contribution in [1.82, 2.24) is 30.6 Å². The summed E-state index contributed by atoms with van der Waals surface area (Å²) < 4.78 is 24.5. The van der Waals surface area contributed by atoms with Crippen LogP contribution in [-0.4, -0.2) is 58.4 Å². The van der Waals surface area contributed by atoms with Crippen LogP contribution in [0.3, 0.4) is 0 Å². The maximum atomic E-state index is 12.3. The molecule has 0 aromatic carbocycles. The summed E-state index contributed by atoms with van der Waals surface area (Å²) in [5, 5.41) is 13.8. The molecule has 4 heterocycles. The van der Waals surface area contributed by atoms with Crippen LogP contribution < -0.4 is 4.90 Å². The zero-order valence-electron chi connectivity index (χ0n) is 15.5. The van der Waals surface area contributed by atoms with Crippen LogP contribution in [0.1, 0.15) is 18.4 Å². The number of tetrazole rings is 1. The summed E-state index contributed by atoms with van der Waals surface area (Å²) in [6.45, 7) is 1.66. The van der Waals surface area contributed by atoms with Gasteiger partial charge in [-0.1, -0.05) is 0 Å². The summed E-state index contributed by atoms with van der Waals surface area (Å²) in [5.41, 5.74) is 2.52. The van der Waals surface area contributed by atoms with Gasteiger partial charge in [-0.25, -0.2) is 18.5 Å². The van der Waals surface area contributed by atoms with Crippen molar-refractivity contribution < 1.29 is 8.42 Å². The molecule has 0 spiro atoms. The summed E-state index contributed by atoms with van der Waals surface area (Å²) in [6.07, 6.45) is 9.40. The number of pyridine rings is 2.